The van der Waals surface area contributed by atoms with Crippen LogP contribution < -0.4 is 4.90 Å². The molecule has 3 aromatic carbocycles. The fraction of sp³-hybridized carbons (Fsp3) is 0.286. The Kier molecular flexibility index (Phi) is 5.74. The van der Waals surface area contributed by atoms with Crippen molar-refractivity contribution >= 4 is 26.6 Å². The maximum Gasteiger partial charge on any atom is 0.243 e. The van der Waals surface area contributed by atoms with Gasteiger partial charge >= 0.3 is 0 Å². The molecule has 1 aliphatic heterocycles. The number of aryl methyl sites for hydroxylation is 2. The summed E-state index contributed by atoms with van der Waals surface area (Å²) < 4.78 is 28.2. The van der Waals surface area contributed by atoms with Crippen molar-refractivity contribution in [3.8, 4) is 11.3 Å². The van der Waals surface area contributed by atoms with Crippen molar-refractivity contribution in [1.29, 1.82) is 0 Å². The van der Waals surface area contributed by atoms with E-state index < -0.39 is 10.0 Å². The van der Waals surface area contributed by atoms with Crippen molar-refractivity contribution < 1.29 is 8.42 Å². The third-order valence-corrected chi connectivity index (χ3v) is 9.13. The van der Waals surface area contributed by atoms with Gasteiger partial charge in [0.15, 0.2) is 5.82 Å². The Morgan fingerprint density at radius 1 is 0.714 bits per heavy atom. The number of nitrogens with zero attached hydrogens (tertiary/aromatic N) is 4. The van der Waals surface area contributed by atoms with Gasteiger partial charge in [-0.3, -0.25) is 0 Å². The second-order valence-electron chi connectivity index (χ2n) is 9.33. The second kappa shape index (κ2) is 9.06. The molecule has 0 unspecified atom stereocenters. The molecule has 1 fully saturated rings. The largest absolute Gasteiger partial charge is 0.352 e. The van der Waals surface area contributed by atoms with E-state index in [1.807, 2.05) is 42.5 Å². The Morgan fingerprint density at radius 2 is 1.49 bits per heavy atom. The molecule has 1 aromatic heterocycles. The number of hydrogen-bond donors (Lipinski definition) is 0. The first-order valence-electron chi connectivity index (χ1n) is 12.3. The van der Waals surface area contributed by atoms with Gasteiger partial charge in [0.25, 0.3) is 0 Å². The van der Waals surface area contributed by atoms with Gasteiger partial charge in [0.1, 0.15) is 0 Å². The summed E-state index contributed by atoms with van der Waals surface area (Å²) in [6, 6.07) is 24.1. The number of aromatic nitrogens is 2. The Bertz CT molecular complexity index is 1470. The molecular weight excluding hydrogens is 456 g/mol. The number of hydrogen-bond acceptors (Lipinski definition) is 5. The van der Waals surface area contributed by atoms with Gasteiger partial charge < -0.3 is 4.90 Å². The third-order valence-electron chi connectivity index (χ3n) is 7.24. The lowest BCUT2D eigenvalue weighted by atomic mass is 9.92. The summed E-state index contributed by atoms with van der Waals surface area (Å²) in [6.07, 6.45) is 4.34. The topological polar surface area (TPSA) is 66.4 Å². The van der Waals surface area contributed by atoms with Crippen LogP contribution in [0.3, 0.4) is 0 Å². The minimum Gasteiger partial charge on any atom is -0.352 e. The van der Waals surface area contributed by atoms with Crippen molar-refractivity contribution in [1.82, 2.24) is 14.5 Å². The van der Waals surface area contributed by atoms with Crippen LogP contribution in [0.5, 0.6) is 0 Å². The minimum absolute atomic E-state index is 0.422. The summed E-state index contributed by atoms with van der Waals surface area (Å²) in [7, 11) is -3.49. The molecule has 0 bridgehead atoms. The van der Waals surface area contributed by atoms with E-state index in [-0.39, 0.29) is 0 Å². The molecule has 0 radical (unpaired) electrons. The molecule has 178 valence electrons. The first-order valence-corrected chi connectivity index (χ1v) is 13.7. The van der Waals surface area contributed by atoms with E-state index in [9.17, 15) is 8.42 Å². The zero-order chi connectivity index (χ0) is 23.8. The van der Waals surface area contributed by atoms with Crippen LogP contribution in [0.15, 0.2) is 77.7 Å². The molecule has 2 heterocycles. The van der Waals surface area contributed by atoms with E-state index in [1.54, 1.807) is 10.4 Å². The molecule has 6 rings (SSSR count). The van der Waals surface area contributed by atoms with Gasteiger partial charge in [0.2, 0.25) is 10.0 Å². The monoisotopic (exact) mass is 484 g/mol. The maximum absolute atomic E-state index is 13.3. The van der Waals surface area contributed by atoms with E-state index in [2.05, 4.69) is 39.4 Å². The molecule has 0 N–H and O–H groups in total. The molecule has 1 aliphatic carbocycles. The van der Waals surface area contributed by atoms with Crippen LogP contribution in [0.4, 0.5) is 5.82 Å². The fourth-order valence-corrected chi connectivity index (χ4v) is 6.74. The molecule has 6 nitrogen and oxygen atoms in total. The summed E-state index contributed by atoms with van der Waals surface area (Å²) in [5, 5.41) is 11.3. The Morgan fingerprint density at radius 3 is 2.29 bits per heavy atom. The van der Waals surface area contributed by atoms with Crippen LogP contribution in [-0.2, 0) is 22.9 Å². The van der Waals surface area contributed by atoms with E-state index in [0.717, 1.165) is 41.7 Å². The maximum atomic E-state index is 13.3. The number of sulfonamides is 1. The first-order chi connectivity index (χ1) is 17.1. The summed E-state index contributed by atoms with van der Waals surface area (Å²) in [5.41, 5.74) is 4.38. The van der Waals surface area contributed by atoms with Crippen LogP contribution >= 0.6 is 0 Å². The highest BCUT2D eigenvalue weighted by Gasteiger charge is 2.29. The zero-order valence-electron chi connectivity index (χ0n) is 19.6. The molecule has 0 amide bonds. The van der Waals surface area contributed by atoms with Gasteiger partial charge in [-0.15, -0.1) is 10.2 Å². The van der Waals surface area contributed by atoms with Gasteiger partial charge in [-0.1, -0.05) is 48.5 Å². The predicted octanol–water partition coefficient (Wildman–Crippen LogP) is 4.69. The standard InChI is InChI=1S/C28H28N4O2S/c33-35(34,24-13-12-21-6-1-2-8-23(21)20-24)32-18-16-31(17-19-32)28-15-14-27(29-30-28)26-11-5-9-22-7-3-4-10-25(22)26/h3-5,7,9-15,20H,1-2,6,8,16-19H2. The summed E-state index contributed by atoms with van der Waals surface area (Å²) in [5.74, 6) is 0.778. The highest BCUT2D eigenvalue weighted by molar-refractivity contribution is 7.89. The first kappa shape index (κ1) is 22.2. The Balaban J connectivity index is 1.16. The lowest BCUT2D eigenvalue weighted by molar-refractivity contribution is 0.383. The van der Waals surface area contributed by atoms with Gasteiger partial charge in [-0.05, 0) is 71.8 Å². The lowest BCUT2D eigenvalue weighted by Crippen LogP contribution is -2.49. The van der Waals surface area contributed by atoms with Crippen LogP contribution in [0.2, 0.25) is 0 Å². The highest BCUT2D eigenvalue weighted by atomic mass is 32.2. The van der Waals surface area contributed by atoms with E-state index in [1.165, 1.54) is 22.9 Å². The minimum atomic E-state index is -3.49. The SMILES string of the molecule is O=S(=O)(c1ccc2c(c1)CCCC2)N1CCN(c2ccc(-c3cccc4ccccc34)nn2)CC1. The highest BCUT2D eigenvalue weighted by Crippen LogP contribution is 2.29. The lowest BCUT2D eigenvalue weighted by Gasteiger charge is -2.34. The van der Waals surface area contributed by atoms with Crippen molar-refractivity contribution in [3.63, 3.8) is 0 Å². The van der Waals surface area contributed by atoms with E-state index in [0.29, 0.717) is 31.1 Å². The van der Waals surface area contributed by atoms with E-state index in [4.69, 9.17) is 0 Å². The van der Waals surface area contributed by atoms with Gasteiger partial charge in [0.05, 0.1) is 10.6 Å². The van der Waals surface area contributed by atoms with Crippen molar-refractivity contribution in [3.05, 3.63) is 83.9 Å². The van der Waals surface area contributed by atoms with Gasteiger partial charge in [-0.2, -0.15) is 4.31 Å². The fourth-order valence-electron chi connectivity index (χ4n) is 5.26. The Labute approximate surface area is 206 Å². The van der Waals surface area contributed by atoms with Gasteiger partial charge in [-0.25, -0.2) is 8.42 Å². The normalized spacial score (nSPS) is 16.9. The molecule has 0 atom stereocenters. The zero-order valence-corrected chi connectivity index (χ0v) is 20.4. The van der Waals surface area contributed by atoms with Crippen molar-refractivity contribution in [2.24, 2.45) is 0 Å². The molecule has 4 aromatic rings. The average Bonchev–Trinajstić information content (AvgIpc) is 2.92. The molecule has 35 heavy (non-hydrogen) atoms. The Hall–Kier alpha value is -3.29. The molecular formula is C28H28N4O2S. The molecule has 7 heteroatoms. The summed E-state index contributed by atoms with van der Waals surface area (Å²) in [6.45, 7) is 2.05. The molecule has 1 saturated heterocycles. The number of rotatable bonds is 4. The predicted molar refractivity (Wildman–Crippen MR) is 139 cm³/mol. The second-order valence-corrected chi connectivity index (χ2v) is 11.3. The average molecular weight is 485 g/mol. The van der Waals surface area contributed by atoms with Gasteiger partial charge in [0, 0.05) is 31.7 Å². The number of benzene rings is 3. The molecule has 2 aliphatic rings. The summed E-state index contributed by atoms with van der Waals surface area (Å²) >= 11 is 0. The van der Waals surface area contributed by atoms with Crippen LogP contribution in [0.1, 0.15) is 24.0 Å². The van der Waals surface area contributed by atoms with Crippen molar-refractivity contribution in [2.45, 2.75) is 30.6 Å². The molecule has 0 spiro atoms. The van der Waals surface area contributed by atoms with Crippen LogP contribution in [0, 0.1) is 0 Å². The van der Waals surface area contributed by atoms with Crippen molar-refractivity contribution in [2.75, 3.05) is 31.1 Å². The van der Waals surface area contributed by atoms with Crippen LogP contribution in [-0.4, -0.2) is 49.1 Å². The quantitative estimate of drug-likeness (QED) is 0.421. The van der Waals surface area contributed by atoms with E-state index >= 15 is 0 Å². The number of anilines is 1. The number of fused-ring (bicyclic) bond motifs is 2. The summed E-state index contributed by atoms with van der Waals surface area (Å²) in [4.78, 5) is 2.53. The third kappa shape index (κ3) is 4.19. The number of piperazine rings is 1. The van der Waals surface area contributed by atoms with Crippen LogP contribution in [0.25, 0.3) is 22.0 Å². The molecule has 0 saturated carbocycles. The smallest absolute Gasteiger partial charge is 0.243 e.